The van der Waals surface area contributed by atoms with E-state index in [1.807, 2.05) is 25.1 Å². The number of nitrogens with zero attached hydrogens (tertiary/aromatic N) is 2. The molecular weight excluding hydrogens is 318 g/mol. The molecule has 0 saturated heterocycles. The first-order chi connectivity index (χ1) is 11.1. The lowest BCUT2D eigenvalue weighted by Crippen LogP contribution is -2.07. The first kappa shape index (κ1) is 15.4. The van der Waals surface area contributed by atoms with E-state index in [0.717, 1.165) is 11.4 Å². The molecule has 0 spiro atoms. The summed E-state index contributed by atoms with van der Waals surface area (Å²) < 4.78 is 16.3. The normalized spacial score (nSPS) is 12.1. The number of rotatable bonds is 6. The number of nitrogens with one attached hydrogen (secondary N) is 1. The molecule has 0 bridgehead atoms. The van der Waals surface area contributed by atoms with E-state index >= 15 is 0 Å². The van der Waals surface area contributed by atoms with Gasteiger partial charge in [0.05, 0.1) is 11.3 Å². The number of hydrogen-bond donors (Lipinski definition) is 1. The second kappa shape index (κ2) is 6.75. The monoisotopic (exact) mass is 333 g/mol. The van der Waals surface area contributed by atoms with Gasteiger partial charge in [-0.25, -0.2) is 0 Å². The third-order valence-electron chi connectivity index (χ3n) is 3.18. The Morgan fingerprint density at radius 2 is 2.17 bits per heavy atom. The van der Waals surface area contributed by atoms with Crippen molar-refractivity contribution in [3.05, 3.63) is 59.2 Å². The van der Waals surface area contributed by atoms with Gasteiger partial charge in [-0.2, -0.15) is 0 Å². The zero-order chi connectivity index (χ0) is 16.2. The van der Waals surface area contributed by atoms with Gasteiger partial charge >= 0.3 is 0 Å². The van der Waals surface area contributed by atoms with Crippen LogP contribution >= 0.6 is 11.6 Å². The molecule has 0 radical (unpaired) electrons. The molecule has 6 nitrogen and oxygen atoms in total. The van der Waals surface area contributed by atoms with Crippen LogP contribution in [0, 0.1) is 6.92 Å². The maximum atomic E-state index is 6.26. The van der Waals surface area contributed by atoms with Crippen LogP contribution in [0.1, 0.15) is 30.5 Å². The summed E-state index contributed by atoms with van der Waals surface area (Å²) in [7, 11) is 0. The molecule has 0 fully saturated rings. The lowest BCUT2D eigenvalue weighted by Gasteiger charge is -2.13. The average molecular weight is 334 g/mol. The molecule has 0 aliphatic rings. The van der Waals surface area contributed by atoms with Gasteiger partial charge in [-0.1, -0.05) is 11.6 Å². The Morgan fingerprint density at radius 3 is 2.83 bits per heavy atom. The van der Waals surface area contributed by atoms with Crippen molar-refractivity contribution in [3.8, 4) is 5.75 Å². The number of furan rings is 1. The van der Waals surface area contributed by atoms with Crippen LogP contribution in [0.3, 0.4) is 0 Å². The highest BCUT2D eigenvalue weighted by Crippen LogP contribution is 2.30. The number of aryl methyl sites for hydroxylation is 1. The number of benzene rings is 1. The van der Waals surface area contributed by atoms with Crippen molar-refractivity contribution in [2.45, 2.75) is 26.5 Å². The van der Waals surface area contributed by atoms with Crippen molar-refractivity contribution >= 4 is 17.3 Å². The summed E-state index contributed by atoms with van der Waals surface area (Å²) in [5.74, 6) is 2.39. The quantitative estimate of drug-likeness (QED) is 0.721. The number of halogens is 1. The van der Waals surface area contributed by atoms with Crippen LogP contribution in [0.25, 0.3) is 0 Å². The molecule has 23 heavy (non-hydrogen) atoms. The molecule has 0 aliphatic heterocycles. The first-order valence-electron chi connectivity index (χ1n) is 7.13. The number of anilines is 1. The van der Waals surface area contributed by atoms with E-state index in [9.17, 15) is 0 Å². The summed E-state index contributed by atoms with van der Waals surface area (Å²) in [5.41, 5.74) is 0.837. The predicted molar refractivity (Wildman–Crippen MR) is 85.6 cm³/mol. The van der Waals surface area contributed by atoms with E-state index in [-0.39, 0.29) is 6.04 Å². The van der Waals surface area contributed by atoms with Crippen LogP contribution in [0.4, 0.5) is 5.69 Å². The van der Waals surface area contributed by atoms with Crippen molar-refractivity contribution in [2.24, 2.45) is 0 Å². The van der Waals surface area contributed by atoms with Crippen molar-refractivity contribution in [1.29, 1.82) is 0 Å². The fourth-order valence-electron chi connectivity index (χ4n) is 2.05. The summed E-state index contributed by atoms with van der Waals surface area (Å²) in [6.45, 7) is 4.02. The number of aromatic nitrogens is 2. The molecular formula is C16H16ClN3O3. The third kappa shape index (κ3) is 3.84. The Morgan fingerprint density at radius 1 is 1.30 bits per heavy atom. The van der Waals surface area contributed by atoms with Crippen molar-refractivity contribution in [1.82, 2.24) is 10.2 Å². The Kier molecular flexibility index (Phi) is 4.52. The maximum Gasteiger partial charge on any atom is 0.238 e. The van der Waals surface area contributed by atoms with Crippen molar-refractivity contribution in [2.75, 3.05) is 5.32 Å². The Labute approximate surface area is 138 Å². The summed E-state index contributed by atoms with van der Waals surface area (Å²) in [6, 6.07) is 9.01. The minimum atomic E-state index is -0.123. The minimum absolute atomic E-state index is 0.123. The largest absolute Gasteiger partial charge is 0.484 e. The molecule has 3 rings (SSSR count). The highest BCUT2D eigenvalue weighted by molar-refractivity contribution is 6.32. The van der Waals surface area contributed by atoms with Gasteiger partial charge in [-0.3, -0.25) is 0 Å². The standard InChI is InChI=1S/C16H16ClN3O3/c1-10(16-20-19-11(2)23-16)18-12-5-6-15(14(17)8-12)22-9-13-4-3-7-21-13/h3-8,10,18H,9H2,1-2H3/t10-/m0/s1. The topological polar surface area (TPSA) is 73.3 Å². The van der Waals surface area contributed by atoms with Gasteiger partial charge in [-0.05, 0) is 37.3 Å². The van der Waals surface area contributed by atoms with Crippen molar-refractivity contribution in [3.63, 3.8) is 0 Å². The van der Waals surface area contributed by atoms with Crippen LogP contribution in [0.2, 0.25) is 5.02 Å². The number of ether oxygens (including phenoxy) is 1. The Hall–Kier alpha value is -2.47. The lowest BCUT2D eigenvalue weighted by atomic mass is 10.2. The average Bonchev–Trinajstić information content (AvgIpc) is 3.18. The third-order valence-corrected chi connectivity index (χ3v) is 3.47. The lowest BCUT2D eigenvalue weighted by molar-refractivity contribution is 0.270. The van der Waals surface area contributed by atoms with E-state index in [1.165, 1.54) is 0 Å². The molecule has 120 valence electrons. The zero-order valence-electron chi connectivity index (χ0n) is 12.7. The van der Waals surface area contributed by atoms with Crippen LogP contribution in [-0.4, -0.2) is 10.2 Å². The van der Waals surface area contributed by atoms with E-state index < -0.39 is 0 Å². The molecule has 7 heteroatoms. The summed E-state index contributed by atoms with van der Waals surface area (Å²) in [5, 5.41) is 11.6. The van der Waals surface area contributed by atoms with Gasteiger partial charge in [0.2, 0.25) is 11.8 Å². The SMILES string of the molecule is Cc1nnc([C@H](C)Nc2ccc(OCc3ccco3)c(Cl)c2)o1. The fourth-order valence-corrected chi connectivity index (χ4v) is 2.28. The van der Waals surface area contributed by atoms with Crippen LogP contribution in [0.15, 0.2) is 45.4 Å². The molecule has 0 unspecified atom stereocenters. The molecule has 1 aromatic carbocycles. The van der Waals surface area contributed by atoms with Gasteiger partial charge in [-0.15, -0.1) is 10.2 Å². The van der Waals surface area contributed by atoms with Gasteiger partial charge in [0, 0.05) is 12.6 Å². The first-order valence-corrected chi connectivity index (χ1v) is 7.51. The van der Waals surface area contributed by atoms with Gasteiger partial charge < -0.3 is 18.9 Å². The van der Waals surface area contributed by atoms with Crippen LogP contribution in [-0.2, 0) is 6.61 Å². The Balaban J connectivity index is 1.64. The molecule has 1 atom stereocenters. The zero-order valence-corrected chi connectivity index (χ0v) is 13.5. The van der Waals surface area contributed by atoms with E-state index in [1.54, 1.807) is 25.3 Å². The van der Waals surface area contributed by atoms with Gasteiger partial charge in [0.1, 0.15) is 24.2 Å². The summed E-state index contributed by atoms with van der Waals surface area (Å²) in [4.78, 5) is 0. The Bertz CT molecular complexity index is 771. The van der Waals surface area contributed by atoms with E-state index in [0.29, 0.717) is 29.2 Å². The molecule has 2 heterocycles. The van der Waals surface area contributed by atoms with E-state index in [2.05, 4.69) is 15.5 Å². The number of hydrogen-bond acceptors (Lipinski definition) is 6. The second-order valence-corrected chi connectivity index (χ2v) is 5.45. The molecule has 0 aliphatic carbocycles. The minimum Gasteiger partial charge on any atom is -0.484 e. The second-order valence-electron chi connectivity index (χ2n) is 5.04. The van der Waals surface area contributed by atoms with E-state index in [4.69, 9.17) is 25.2 Å². The van der Waals surface area contributed by atoms with Crippen LogP contribution in [0.5, 0.6) is 5.75 Å². The predicted octanol–water partition coefficient (Wildman–Crippen LogP) is 4.38. The molecule has 3 aromatic rings. The van der Waals surface area contributed by atoms with Crippen LogP contribution < -0.4 is 10.1 Å². The highest BCUT2D eigenvalue weighted by Gasteiger charge is 2.13. The molecule has 1 N–H and O–H groups in total. The summed E-state index contributed by atoms with van der Waals surface area (Å²) >= 11 is 6.26. The molecule has 2 aromatic heterocycles. The summed E-state index contributed by atoms with van der Waals surface area (Å²) in [6.07, 6.45) is 1.61. The molecule has 0 saturated carbocycles. The van der Waals surface area contributed by atoms with Gasteiger partial charge in [0.15, 0.2) is 0 Å². The fraction of sp³-hybridized carbons (Fsp3) is 0.250. The smallest absolute Gasteiger partial charge is 0.238 e. The highest BCUT2D eigenvalue weighted by atomic mass is 35.5. The molecule has 0 amide bonds. The van der Waals surface area contributed by atoms with Gasteiger partial charge in [0.25, 0.3) is 0 Å². The van der Waals surface area contributed by atoms with Crippen molar-refractivity contribution < 1.29 is 13.6 Å². The maximum absolute atomic E-state index is 6.26.